The molecule has 0 aromatic carbocycles. The van der Waals surface area contributed by atoms with Gasteiger partial charge >= 0.3 is 11.9 Å². The van der Waals surface area contributed by atoms with Crippen LogP contribution in [0.1, 0.15) is 44.9 Å². The molecule has 2 aliphatic rings. The van der Waals surface area contributed by atoms with Crippen LogP contribution in [0.25, 0.3) is 0 Å². The van der Waals surface area contributed by atoms with Crippen LogP contribution in [0.2, 0.25) is 0 Å². The summed E-state index contributed by atoms with van der Waals surface area (Å²) in [5, 5.41) is 17.9. The van der Waals surface area contributed by atoms with E-state index >= 15 is 0 Å². The second-order valence-corrected chi connectivity index (χ2v) is 5.29. The Labute approximate surface area is 106 Å². The molecule has 2 rings (SSSR count). The Morgan fingerprint density at radius 1 is 1.22 bits per heavy atom. The Kier molecular flexibility index (Phi) is 3.55. The third-order valence-electron chi connectivity index (χ3n) is 4.61. The molecule has 0 bridgehead atoms. The van der Waals surface area contributed by atoms with Crippen molar-refractivity contribution in [2.75, 3.05) is 0 Å². The van der Waals surface area contributed by atoms with E-state index in [2.05, 4.69) is 4.74 Å². The number of nitriles is 1. The summed E-state index contributed by atoms with van der Waals surface area (Å²) >= 11 is 0. The van der Waals surface area contributed by atoms with E-state index < -0.39 is 23.3 Å². The molecule has 0 radical (unpaired) electrons. The van der Waals surface area contributed by atoms with Gasteiger partial charge in [0.15, 0.2) is 0 Å². The number of carbonyl (C=O) groups is 2. The number of carboxylic acid groups (broad SMARTS) is 1. The second-order valence-electron chi connectivity index (χ2n) is 5.29. The number of aliphatic carboxylic acids is 1. The van der Waals surface area contributed by atoms with Crippen molar-refractivity contribution in [3.8, 4) is 6.26 Å². The van der Waals surface area contributed by atoms with Crippen molar-refractivity contribution in [2.45, 2.75) is 44.9 Å². The summed E-state index contributed by atoms with van der Waals surface area (Å²) in [5.74, 6) is -2.19. The number of carbonyl (C=O) groups excluding carboxylic acids is 1. The first-order valence-corrected chi connectivity index (χ1v) is 6.46. The zero-order chi connectivity index (χ0) is 13.2. The maximum atomic E-state index is 12.2. The average molecular weight is 251 g/mol. The summed E-state index contributed by atoms with van der Waals surface area (Å²) in [5.41, 5.74) is -0.960. The molecule has 1 N–H and O–H groups in total. The lowest BCUT2D eigenvalue weighted by Gasteiger charge is -2.35. The van der Waals surface area contributed by atoms with Crippen LogP contribution in [0, 0.1) is 28.8 Å². The molecule has 0 aliphatic heterocycles. The fourth-order valence-electron chi connectivity index (χ4n) is 3.85. The van der Waals surface area contributed by atoms with Crippen LogP contribution >= 0.6 is 0 Å². The topological polar surface area (TPSA) is 87.4 Å². The predicted octanol–water partition coefficient (Wildman–Crippen LogP) is 2.07. The number of hydrogen-bond donors (Lipinski definition) is 1. The lowest BCUT2D eigenvalue weighted by atomic mass is 9.67. The van der Waals surface area contributed by atoms with E-state index in [1.165, 1.54) is 6.26 Å². The van der Waals surface area contributed by atoms with Crippen LogP contribution in [0.4, 0.5) is 0 Å². The van der Waals surface area contributed by atoms with Crippen molar-refractivity contribution in [2.24, 2.45) is 17.3 Å². The Bertz CT molecular complexity index is 394. The molecule has 0 heterocycles. The monoisotopic (exact) mass is 251 g/mol. The molecule has 0 saturated heterocycles. The molecule has 18 heavy (non-hydrogen) atoms. The SMILES string of the molecule is N#COC(=O)C1(C2CCCC2)CCCC1C(=O)O. The van der Waals surface area contributed by atoms with Crippen LogP contribution in [0.5, 0.6) is 0 Å². The molecular formula is C13H17NO4. The minimum absolute atomic E-state index is 0.0574. The molecule has 5 nitrogen and oxygen atoms in total. The maximum Gasteiger partial charge on any atom is 0.328 e. The molecular weight excluding hydrogens is 234 g/mol. The van der Waals surface area contributed by atoms with Gasteiger partial charge in [0.1, 0.15) is 0 Å². The Morgan fingerprint density at radius 2 is 1.89 bits per heavy atom. The third kappa shape index (κ3) is 1.86. The highest BCUT2D eigenvalue weighted by molar-refractivity contribution is 5.86. The first-order chi connectivity index (χ1) is 8.63. The smallest absolute Gasteiger partial charge is 0.328 e. The fourth-order valence-corrected chi connectivity index (χ4v) is 3.85. The maximum absolute atomic E-state index is 12.2. The molecule has 0 spiro atoms. The molecule has 0 aromatic rings. The number of hydrogen-bond acceptors (Lipinski definition) is 4. The van der Waals surface area contributed by atoms with E-state index in [9.17, 15) is 14.7 Å². The molecule has 2 aliphatic carbocycles. The zero-order valence-corrected chi connectivity index (χ0v) is 10.2. The normalized spacial score (nSPS) is 32.1. The Balaban J connectivity index is 2.35. The van der Waals surface area contributed by atoms with E-state index in [0.717, 1.165) is 25.7 Å². The summed E-state index contributed by atoms with van der Waals surface area (Å²) in [6, 6.07) is 0. The third-order valence-corrected chi connectivity index (χ3v) is 4.61. The van der Waals surface area contributed by atoms with Crippen molar-refractivity contribution in [1.82, 2.24) is 0 Å². The standard InChI is InChI=1S/C13H17NO4/c14-8-18-12(17)13(9-4-1-2-5-9)7-3-6-10(13)11(15)16/h9-10H,1-7H2,(H,15,16). The molecule has 2 saturated carbocycles. The van der Waals surface area contributed by atoms with Crippen LogP contribution in [0.15, 0.2) is 0 Å². The Hall–Kier alpha value is -1.57. The summed E-state index contributed by atoms with van der Waals surface area (Å²) < 4.78 is 4.53. The van der Waals surface area contributed by atoms with Crippen molar-refractivity contribution in [1.29, 1.82) is 5.26 Å². The van der Waals surface area contributed by atoms with Crippen molar-refractivity contribution in [3.05, 3.63) is 0 Å². The summed E-state index contributed by atoms with van der Waals surface area (Å²) in [7, 11) is 0. The van der Waals surface area contributed by atoms with Gasteiger partial charge in [-0.2, -0.15) is 0 Å². The zero-order valence-electron chi connectivity index (χ0n) is 10.2. The largest absolute Gasteiger partial charge is 0.481 e. The summed E-state index contributed by atoms with van der Waals surface area (Å²) in [6.07, 6.45) is 6.95. The van der Waals surface area contributed by atoms with Crippen molar-refractivity contribution < 1.29 is 19.4 Å². The molecule has 2 atom stereocenters. The van der Waals surface area contributed by atoms with Gasteiger partial charge in [0.05, 0.1) is 11.3 Å². The molecule has 98 valence electrons. The average Bonchev–Trinajstić information content (AvgIpc) is 2.98. The second kappa shape index (κ2) is 4.97. The minimum atomic E-state index is -0.960. The first-order valence-electron chi connectivity index (χ1n) is 6.46. The molecule has 2 fully saturated rings. The van der Waals surface area contributed by atoms with Crippen LogP contribution in [-0.2, 0) is 14.3 Å². The van der Waals surface area contributed by atoms with Gasteiger partial charge in [-0.1, -0.05) is 19.3 Å². The minimum Gasteiger partial charge on any atom is -0.481 e. The molecule has 0 amide bonds. The lowest BCUT2D eigenvalue weighted by Crippen LogP contribution is -2.44. The lowest BCUT2D eigenvalue weighted by molar-refractivity contribution is -0.164. The van der Waals surface area contributed by atoms with Crippen LogP contribution in [0.3, 0.4) is 0 Å². The van der Waals surface area contributed by atoms with Crippen molar-refractivity contribution in [3.63, 3.8) is 0 Å². The highest BCUT2D eigenvalue weighted by Gasteiger charge is 2.58. The van der Waals surface area contributed by atoms with Crippen molar-refractivity contribution >= 4 is 11.9 Å². The number of esters is 1. The van der Waals surface area contributed by atoms with E-state index in [-0.39, 0.29) is 5.92 Å². The van der Waals surface area contributed by atoms with Gasteiger partial charge in [0, 0.05) is 0 Å². The molecule has 2 unspecified atom stereocenters. The van der Waals surface area contributed by atoms with Gasteiger partial charge in [-0.25, -0.2) is 0 Å². The van der Waals surface area contributed by atoms with Gasteiger partial charge in [0.25, 0.3) is 6.26 Å². The van der Waals surface area contributed by atoms with Crippen LogP contribution < -0.4 is 0 Å². The number of rotatable bonds is 3. The Morgan fingerprint density at radius 3 is 2.44 bits per heavy atom. The quantitative estimate of drug-likeness (QED) is 0.612. The van der Waals surface area contributed by atoms with Gasteiger partial charge in [0.2, 0.25) is 0 Å². The van der Waals surface area contributed by atoms with Gasteiger partial charge in [-0.05, 0) is 31.6 Å². The highest BCUT2D eigenvalue weighted by Crippen LogP contribution is 2.54. The van der Waals surface area contributed by atoms with Gasteiger partial charge in [-0.15, -0.1) is 5.26 Å². The predicted molar refractivity (Wildman–Crippen MR) is 61.1 cm³/mol. The van der Waals surface area contributed by atoms with Crippen LogP contribution in [-0.4, -0.2) is 17.0 Å². The van der Waals surface area contributed by atoms with E-state index in [4.69, 9.17) is 5.26 Å². The number of carboxylic acids is 1. The molecule has 0 aromatic heterocycles. The first kappa shape index (κ1) is 12.9. The fraction of sp³-hybridized carbons (Fsp3) is 0.769. The van der Waals surface area contributed by atoms with E-state index in [1.54, 1.807) is 0 Å². The summed E-state index contributed by atoms with van der Waals surface area (Å²) in [6.45, 7) is 0. The number of ether oxygens (including phenoxy) is 1. The van der Waals surface area contributed by atoms with E-state index in [0.29, 0.717) is 19.3 Å². The highest BCUT2D eigenvalue weighted by atomic mass is 16.5. The van der Waals surface area contributed by atoms with Gasteiger partial charge in [-0.3, -0.25) is 9.59 Å². The van der Waals surface area contributed by atoms with Gasteiger partial charge < -0.3 is 9.84 Å². The molecule has 5 heteroatoms. The van der Waals surface area contributed by atoms with E-state index in [1.807, 2.05) is 0 Å². The summed E-state index contributed by atoms with van der Waals surface area (Å²) in [4.78, 5) is 23.6. The number of nitrogens with zero attached hydrogens (tertiary/aromatic N) is 1.